The second-order valence-electron chi connectivity index (χ2n) is 7.46. The van der Waals surface area contributed by atoms with Crippen molar-refractivity contribution in [3.63, 3.8) is 0 Å². The maximum absolute atomic E-state index is 12.9. The Morgan fingerprint density at radius 3 is 2.50 bits per heavy atom. The highest BCUT2D eigenvalue weighted by Crippen LogP contribution is 2.45. The molecule has 4 N–H and O–H groups in total. The number of carboxylic acids is 1. The highest BCUT2D eigenvalue weighted by Gasteiger charge is 2.37. The summed E-state index contributed by atoms with van der Waals surface area (Å²) in [6, 6.07) is 8.03. The largest absolute Gasteiger partial charge is 0.481 e. The molecule has 2 amide bonds. The van der Waals surface area contributed by atoms with E-state index in [0.29, 0.717) is 29.8 Å². The molecule has 2 aromatic rings. The van der Waals surface area contributed by atoms with Crippen molar-refractivity contribution >= 4 is 34.1 Å². The Labute approximate surface area is 166 Å². The van der Waals surface area contributed by atoms with E-state index in [4.69, 9.17) is 5.73 Å². The van der Waals surface area contributed by atoms with Gasteiger partial charge in [0.1, 0.15) is 5.00 Å². The highest BCUT2D eigenvalue weighted by atomic mass is 32.1. The van der Waals surface area contributed by atoms with Gasteiger partial charge in [-0.25, -0.2) is 0 Å². The molecule has 7 heteroatoms. The average molecular weight is 398 g/mol. The van der Waals surface area contributed by atoms with E-state index in [2.05, 4.69) is 11.4 Å². The summed E-state index contributed by atoms with van der Waals surface area (Å²) in [5.74, 6) is -3.10. The molecule has 146 valence electrons. The van der Waals surface area contributed by atoms with Crippen molar-refractivity contribution in [1.82, 2.24) is 0 Å². The van der Waals surface area contributed by atoms with E-state index in [1.165, 1.54) is 16.9 Å². The first-order valence-corrected chi connectivity index (χ1v) is 10.4. The number of benzene rings is 1. The van der Waals surface area contributed by atoms with E-state index < -0.39 is 23.7 Å². The predicted octanol–water partition coefficient (Wildman–Crippen LogP) is 3.44. The molecule has 0 spiro atoms. The monoisotopic (exact) mass is 398 g/mol. The number of nitrogens with one attached hydrogen (secondary N) is 1. The molecule has 2 atom stereocenters. The van der Waals surface area contributed by atoms with Crippen LogP contribution in [0.15, 0.2) is 24.3 Å². The lowest BCUT2D eigenvalue weighted by Gasteiger charge is -2.27. The summed E-state index contributed by atoms with van der Waals surface area (Å²) in [5, 5.41) is 12.7. The first-order valence-electron chi connectivity index (χ1n) is 9.54. The van der Waals surface area contributed by atoms with E-state index in [1.54, 1.807) is 0 Å². The molecule has 4 rings (SSSR count). The van der Waals surface area contributed by atoms with Gasteiger partial charge in [0.05, 0.1) is 17.4 Å². The van der Waals surface area contributed by atoms with Gasteiger partial charge in [-0.05, 0) is 42.4 Å². The lowest BCUT2D eigenvalue weighted by atomic mass is 9.78. The molecule has 2 aliphatic carbocycles. The number of thiophene rings is 1. The van der Waals surface area contributed by atoms with Crippen LogP contribution in [0.2, 0.25) is 0 Å². The number of fused-ring (bicyclic) bond motifs is 3. The number of primary amides is 1. The third-order valence-electron chi connectivity index (χ3n) is 5.82. The second kappa shape index (κ2) is 7.39. The van der Waals surface area contributed by atoms with Crippen molar-refractivity contribution in [3.05, 3.63) is 41.0 Å². The predicted molar refractivity (Wildman–Crippen MR) is 107 cm³/mol. The molecule has 1 aromatic heterocycles. The fraction of sp³-hybridized carbons (Fsp3) is 0.381. The zero-order chi connectivity index (χ0) is 19.8. The van der Waals surface area contributed by atoms with E-state index in [1.807, 2.05) is 18.2 Å². The van der Waals surface area contributed by atoms with Crippen molar-refractivity contribution in [3.8, 4) is 10.4 Å². The van der Waals surface area contributed by atoms with Crippen LogP contribution < -0.4 is 11.1 Å². The maximum atomic E-state index is 12.9. The van der Waals surface area contributed by atoms with Crippen molar-refractivity contribution < 1.29 is 19.5 Å². The minimum atomic E-state index is -0.936. The van der Waals surface area contributed by atoms with Crippen LogP contribution in [0.5, 0.6) is 0 Å². The number of amides is 2. The maximum Gasteiger partial charge on any atom is 0.307 e. The molecule has 2 aliphatic rings. The Bertz CT molecular complexity index is 965. The number of nitrogens with two attached hydrogens (primary N) is 1. The highest BCUT2D eigenvalue weighted by molar-refractivity contribution is 7.20. The topological polar surface area (TPSA) is 109 Å². The van der Waals surface area contributed by atoms with Gasteiger partial charge in [-0.3, -0.25) is 14.4 Å². The Hall–Kier alpha value is -2.67. The number of carboxylic acid groups (broad SMARTS) is 1. The molecular formula is C21H22N2O4S. The van der Waals surface area contributed by atoms with Gasteiger partial charge in [-0.15, -0.1) is 11.3 Å². The van der Waals surface area contributed by atoms with Crippen LogP contribution in [-0.2, 0) is 22.4 Å². The lowest BCUT2D eigenvalue weighted by molar-refractivity contribution is -0.147. The molecule has 1 saturated carbocycles. The Kier molecular flexibility index (Phi) is 4.93. The standard InChI is InChI=1S/C21H22N2O4S/c22-18(24)16-15-10-9-11-5-1-2-6-12(11)17(15)28-20(16)23-19(25)13-7-3-4-8-14(13)21(26)27/h1-2,5-6,13-14H,3-4,7-10H2,(H2,22,24)(H,23,25)(H,26,27)/t13-,14+/m0/s1. The van der Waals surface area contributed by atoms with Crippen LogP contribution in [-0.4, -0.2) is 22.9 Å². The van der Waals surface area contributed by atoms with Crippen LogP contribution in [0.3, 0.4) is 0 Å². The summed E-state index contributed by atoms with van der Waals surface area (Å²) < 4.78 is 0. The molecule has 0 saturated heterocycles. The quantitative estimate of drug-likeness (QED) is 0.733. The number of aliphatic carboxylic acids is 1. The van der Waals surface area contributed by atoms with E-state index >= 15 is 0 Å². The number of rotatable bonds is 4. The average Bonchev–Trinajstić information content (AvgIpc) is 3.06. The molecule has 1 fully saturated rings. The second-order valence-corrected chi connectivity index (χ2v) is 8.48. The van der Waals surface area contributed by atoms with Gasteiger partial charge in [0.25, 0.3) is 5.91 Å². The molecule has 0 radical (unpaired) electrons. The first kappa shape index (κ1) is 18.7. The van der Waals surface area contributed by atoms with E-state index in [9.17, 15) is 19.5 Å². The van der Waals surface area contributed by atoms with Crippen molar-refractivity contribution in [2.24, 2.45) is 17.6 Å². The number of carbonyl (C=O) groups excluding carboxylic acids is 2. The third-order valence-corrected chi connectivity index (χ3v) is 7.00. The molecule has 28 heavy (non-hydrogen) atoms. The zero-order valence-electron chi connectivity index (χ0n) is 15.4. The van der Waals surface area contributed by atoms with Gasteiger partial charge < -0.3 is 16.2 Å². The first-order chi connectivity index (χ1) is 13.5. The zero-order valence-corrected chi connectivity index (χ0v) is 16.2. The fourth-order valence-electron chi connectivity index (χ4n) is 4.43. The summed E-state index contributed by atoms with van der Waals surface area (Å²) in [4.78, 5) is 37.6. The summed E-state index contributed by atoms with van der Waals surface area (Å²) >= 11 is 1.35. The van der Waals surface area contributed by atoms with Crippen molar-refractivity contribution in [2.45, 2.75) is 38.5 Å². The minimum absolute atomic E-state index is 0.332. The van der Waals surface area contributed by atoms with Gasteiger partial charge in [-0.1, -0.05) is 37.1 Å². The molecule has 0 unspecified atom stereocenters. The number of aryl methyl sites for hydroxylation is 1. The summed E-state index contributed by atoms with van der Waals surface area (Å²) in [5.41, 5.74) is 9.18. The van der Waals surface area contributed by atoms with Crippen molar-refractivity contribution in [2.75, 3.05) is 5.32 Å². The van der Waals surface area contributed by atoms with Crippen LogP contribution in [0.1, 0.15) is 47.2 Å². The Morgan fingerprint density at radius 2 is 1.79 bits per heavy atom. The van der Waals surface area contributed by atoms with Gasteiger partial charge in [0.15, 0.2) is 0 Å². The van der Waals surface area contributed by atoms with E-state index in [0.717, 1.165) is 35.3 Å². The van der Waals surface area contributed by atoms with Crippen LogP contribution in [0.25, 0.3) is 10.4 Å². The summed E-state index contributed by atoms with van der Waals surface area (Å²) in [7, 11) is 0. The Balaban J connectivity index is 1.69. The molecule has 1 heterocycles. The van der Waals surface area contributed by atoms with Crippen LogP contribution in [0, 0.1) is 11.8 Å². The molecule has 0 bridgehead atoms. The number of hydrogen-bond donors (Lipinski definition) is 3. The minimum Gasteiger partial charge on any atom is -0.481 e. The Morgan fingerprint density at radius 1 is 1.07 bits per heavy atom. The van der Waals surface area contributed by atoms with Gasteiger partial charge in [0.2, 0.25) is 5.91 Å². The molecular weight excluding hydrogens is 376 g/mol. The van der Waals surface area contributed by atoms with Crippen molar-refractivity contribution in [1.29, 1.82) is 0 Å². The van der Waals surface area contributed by atoms with Gasteiger partial charge in [0, 0.05) is 4.88 Å². The summed E-state index contributed by atoms with van der Waals surface area (Å²) in [6.07, 6.45) is 4.21. The van der Waals surface area contributed by atoms with Gasteiger partial charge >= 0.3 is 5.97 Å². The number of carbonyl (C=O) groups is 3. The SMILES string of the molecule is NC(=O)c1c(NC(=O)[C@H]2CCCC[C@H]2C(=O)O)sc2c1CCc1ccccc1-2. The number of hydrogen-bond acceptors (Lipinski definition) is 4. The van der Waals surface area contributed by atoms with Gasteiger partial charge in [-0.2, -0.15) is 0 Å². The van der Waals surface area contributed by atoms with E-state index in [-0.39, 0.29) is 5.91 Å². The number of anilines is 1. The molecule has 6 nitrogen and oxygen atoms in total. The molecule has 1 aromatic carbocycles. The lowest BCUT2D eigenvalue weighted by Crippen LogP contribution is -2.36. The molecule has 0 aliphatic heterocycles. The van der Waals surface area contributed by atoms with Crippen LogP contribution >= 0.6 is 11.3 Å². The summed E-state index contributed by atoms with van der Waals surface area (Å²) in [6.45, 7) is 0. The van der Waals surface area contributed by atoms with Crippen LogP contribution in [0.4, 0.5) is 5.00 Å². The normalized spacial score (nSPS) is 20.7. The third kappa shape index (κ3) is 3.20. The fourth-order valence-corrected chi connectivity index (χ4v) is 5.75. The smallest absolute Gasteiger partial charge is 0.307 e.